The molecule has 1 aliphatic rings. The Labute approximate surface area is 70.1 Å². The van der Waals surface area contributed by atoms with Gasteiger partial charge in [-0.2, -0.15) is 0 Å². The highest BCUT2D eigenvalue weighted by molar-refractivity contribution is 7.79. The summed E-state index contributed by atoms with van der Waals surface area (Å²) in [6.45, 7) is 6.36. The first kappa shape index (κ1) is 9.16. The van der Waals surface area contributed by atoms with E-state index in [2.05, 4.69) is 13.8 Å². The summed E-state index contributed by atoms with van der Waals surface area (Å²) in [5.41, 5.74) is 0. The number of hydrogen-bond donors (Lipinski definition) is 1. The third kappa shape index (κ3) is 2.54. The van der Waals surface area contributed by atoms with Gasteiger partial charge in [0.1, 0.15) is 5.88 Å². The van der Waals surface area contributed by atoms with Crippen molar-refractivity contribution >= 4 is 11.1 Å². The quantitative estimate of drug-likeness (QED) is 0.647. The smallest absolute Gasteiger partial charge is 0.167 e. The second kappa shape index (κ2) is 3.65. The Bertz CT molecular complexity index is 155. The highest BCUT2D eigenvalue weighted by Crippen LogP contribution is 2.22. The van der Waals surface area contributed by atoms with E-state index in [-0.39, 0.29) is 0 Å². The second-order valence-corrected chi connectivity index (χ2v) is 4.39. The van der Waals surface area contributed by atoms with E-state index >= 15 is 0 Å². The van der Waals surface area contributed by atoms with Crippen molar-refractivity contribution in [1.29, 1.82) is 0 Å². The average molecular weight is 177 g/mol. The minimum atomic E-state index is -1.65. The van der Waals surface area contributed by atoms with E-state index in [0.29, 0.717) is 11.8 Å². The molecular weight excluding hydrogens is 162 g/mol. The third-order valence-electron chi connectivity index (χ3n) is 2.22. The van der Waals surface area contributed by atoms with Crippen molar-refractivity contribution in [2.24, 2.45) is 11.8 Å². The molecule has 0 saturated carbocycles. The maximum absolute atomic E-state index is 10.3. The van der Waals surface area contributed by atoms with Crippen LogP contribution in [-0.4, -0.2) is 32.6 Å². The fourth-order valence-corrected chi connectivity index (χ4v) is 1.82. The van der Waals surface area contributed by atoms with E-state index in [4.69, 9.17) is 4.55 Å². The molecule has 4 heteroatoms. The van der Waals surface area contributed by atoms with Crippen LogP contribution >= 0.6 is 0 Å². The summed E-state index contributed by atoms with van der Waals surface area (Å²) in [7, 11) is 0. The van der Waals surface area contributed by atoms with Crippen molar-refractivity contribution in [2.45, 2.75) is 13.8 Å². The zero-order valence-corrected chi connectivity index (χ0v) is 7.80. The van der Waals surface area contributed by atoms with Crippen molar-refractivity contribution in [2.75, 3.05) is 19.0 Å². The van der Waals surface area contributed by atoms with Crippen LogP contribution in [0.4, 0.5) is 0 Å². The first-order valence-corrected chi connectivity index (χ1v) is 5.17. The van der Waals surface area contributed by atoms with Gasteiger partial charge < -0.3 is 4.55 Å². The summed E-state index contributed by atoms with van der Waals surface area (Å²) < 4.78 is 18.9. The summed E-state index contributed by atoms with van der Waals surface area (Å²) in [4.78, 5) is 2.01. The third-order valence-corrected chi connectivity index (χ3v) is 2.81. The number of likely N-dealkylation sites (tertiary alicyclic amines) is 1. The monoisotopic (exact) mass is 177 g/mol. The molecule has 1 saturated heterocycles. The molecule has 1 heterocycles. The topological polar surface area (TPSA) is 40.5 Å². The fraction of sp³-hybridized carbons (Fsp3) is 1.00. The molecular formula is C7H15NO2S. The van der Waals surface area contributed by atoms with E-state index in [1.807, 2.05) is 4.90 Å². The molecule has 1 rings (SSSR count). The molecule has 0 amide bonds. The summed E-state index contributed by atoms with van der Waals surface area (Å²) >= 11 is -1.65. The molecule has 1 N–H and O–H groups in total. The van der Waals surface area contributed by atoms with Crippen LogP contribution in [-0.2, 0) is 11.1 Å². The lowest BCUT2D eigenvalue weighted by molar-refractivity contribution is 0.0873. The van der Waals surface area contributed by atoms with Gasteiger partial charge in [0.15, 0.2) is 11.1 Å². The normalized spacial score (nSPS) is 23.6. The van der Waals surface area contributed by atoms with E-state index in [1.165, 1.54) is 0 Å². The predicted molar refractivity (Wildman–Crippen MR) is 45.5 cm³/mol. The Morgan fingerprint density at radius 1 is 1.64 bits per heavy atom. The minimum absolute atomic E-state index is 0.323. The molecule has 11 heavy (non-hydrogen) atoms. The van der Waals surface area contributed by atoms with Gasteiger partial charge >= 0.3 is 0 Å². The van der Waals surface area contributed by atoms with E-state index in [0.717, 1.165) is 19.0 Å². The standard InChI is InChI=1S/C7H15NO2S/c1-6(2)7-3-8(4-7)5-11(9)10/h6-7H,3-5H2,1-2H3,(H,9,10). The minimum Gasteiger partial charge on any atom is -0.305 e. The fourth-order valence-electron chi connectivity index (χ4n) is 1.29. The average Bonchev–Trinajstić information content (AvgIpc) is 1.75. The van der Waals surface area contributed by atoms with Gasteiger partial charge in [-0.05, 0) is 11.8 Å². The van der Waals surface area contributed by atoms with Crippen LogP contribution in [0.15, 0.2) is 0 Å². The molecule has 1 fully saturated rings. The molecule has 3 nitrogen and oxygen atoms in total. The Morgan fingerprint density at radius 3 is 2.55 bits per heavy atom. The van der Waals surface area contributed by atoms with Crippen LogP contribution in [0, 0.1) is 11.8 Å². The number of nitrogens with zero attached hydrogens (tertiary/aromatic N) is 1. The summed E-state index contributed by atoms with van der Waals surface area (Å²) in [5.74, 6) is 1.76. The van der Waals surface area contributed by atoms with Crippen LogP contribution in [0.25, 0.3) is 0 Å². The van der Waals surface area contributed by atoms with Crippen LogP contribution in [0.1, 0.15) is 13.8 Å². The maximum Gasteiger partial charge on any atom is 0.167 e. The van der Waals surface area contributed by atoms with Crippen molar-refractivity contribution in [1.82, 2.24) is 4.90 Å². The first-order valence-electron chi connectivity index (χ1n) is 3.89. The van der Waals surface area contributed by atoms with Gasteiger partial charge in [-0.25, -0.2) is 4.21 Å². The van der Waals surface area contributed by atoms with Crippen molar-refractivity contribution < 1.29 is 8.76 Å². The van der Waals surface area contributed by atoms with Crippen molar-refractivity contribution in [3.05, 3.63) is 0 Å². The largest absolute Gasteiger partial charge is 0.305 e. The zero-order valence-electron chi connectivity index (χ0n) is 6.99. The van der Waals surface area contributed by atoms with E-state index < -0.39 is 11.1 Å². The molecule has 0 aromatic rings. The molecule has 1 aliphatic heterocycles. The predicted octanol–water partition coefficient (Wildman–Crippen LogP) is 0.753. The van der Waals surface area contributed by atoms with Gasteiger partial charge in [0.05, 0.1) is 0 Å². The van der Waals surface area contributed by atoms with Crippen LogP contribution < -0.4 is 0 Å². The van der Waals surface area contributed by atoms with E-state index in [1.54, 1.807) is 0 Å². The van der Waals surface area contributed by atoms with Gasteiger partial charge in [-0.3, -0.25) is 4.90 Å². The highest BCUT2D eigenvalue weighted by Gasteiger charge is 2.29. The van der Waals surface area contributed by atoms with Crippen LogP contribution in [0.2, 0.25) is 0 Å². The maximum atomic E-state index is 10.3. The summed E-state index contributed by atoms with van der Waals surface area (Å²) in [6, 6.07) is 0. The molecule has 0 spiro atoms. The zero-order chi connectivity index (χ0) is 8.43. The second-order valence-electron chi connectivity index (χ2n) is 3.49. The molecule has 0 aromatic heterocycles. The number of rotatable bonds is 3. The Hall–Kier alpha value is 0.0700. The highest BCUT2D eigenvalue weighted by atomic mass is 32.2. The molecule has 0 radical (unpaired) electrons. The Balaban J connectivity index is 2.14. The molecule has 0 aromatic carbocycles. The van der Waals surface area contributed by atoms with Crippen LogP contribution in [0.5, 0.6) is 0 Å². The molecule has 0 bridgehead atoms. The Kier molecular flexibility index (Phi) is 3.04. The first-order chi connectivity index (χ1) is 5.09. The van der Waals surface area contributed by atoms with Crippen molar-refractivity contribution in [3.8, 4) is 0 Å². The lowest BCUT2D eigenvalue weighted by Crippen LogP contribution is -2.49. The van der Waals surface area contributed by atoms with Gasteiger partial charge in [0.25, 0.3) is 0 Å². The van der Waals surface area contributed by atoms with Crippen molar-refractivity contribution in [3.63, 3.8) is 0 Å². The van der Waals surface area contributed by atoms with Gasteiger partial charge in [-0.1, -0.05) is 13.8 Å². The van der Waals surface area contributed by atoms with E-state index in [9.17, 15) is 4.21 Å². The molecule has 1 unspecified atom stereocenters. The van der Waals surface area contributed by atoms with Gasteiger partial charge in [-0.15, -0.1) is 0 Å². The van der Waals surface area contributed by atoms with Gasteiger partial charge in [0.2, 0.25) is 0 Å². The molecule has 66 valence electrons. The SMILES string of the molecule is CC(C)C1CN(CS(=O)O)C1. The van der Waals surface area contributed by atoms with Crippen LogP contribution in [0.3, 0.4) is 0 Å². The summed E-state index contributed by atoms with van der Waals surface area (Å²) in [5, 5.41) is 0. The number of hydrogen-bond acceptors (Lipinski definition) is 2. The lowest BCUT2D eigenvalue weighted by atomic mass is 9.89. The summed E-state index contributed by atoms with van der Waals surface area (Å²) in [6.07, 6.45) is 0. The molecule has 1 atom stereocenters. The lowest BCUT2D eigenvalue weighted by Gasteiger charge is -2.40. The Morgan fingerprint density at radius 2 is 2.18 bits per heavy atom. The van der Waals surface area contributed by atoms with Gasteiger partial charge in [0, 0.05) is 13.1 Å². The molecule has 0 aliphatic carbocycles.